The molecule has 1 amide bonds. The maximum Gasteiger partial charge on any atom is 0.340 e. The monoisotopic (exact) mass is 465 g/mol. The SMILES string of the molecule is CCCC[C@@H](NC(=O)Cc1c(C)c2cc3c(-c4ccc(F)cc4)coc3cc2oc1=O)C(=O)O. The Morgan fingerprint density at radius 2 is 1.85 bits per heavy atom. The molecule has 0 saturated heterocycles. The van der Waals surface area contributed by atoms with Gasteiger partial charge in [0.05, 0.1) is 18.2 Å². The van der Waals surface area contributed by atoms with Crippen LogP contribution in [0.2, 0.25) is 0 Å². The second kappa shape index (κ2) is 9.51. The van der Waals surface area contributed by atoms with Gasteiger partial charge in [0, 0.05) is 22.4 Å². The van der Waals surface area contributed by atoms with Crippen molar-refractivity contribution in [1.29, 1.82) is 0 Å². The van der Waals surface area contributed by atoms with Crippen molar-refractivity contribution in [3.63, 3.8) is 0 Å². The molecule has 8 heteroatoms. The number of aliphatic carboxylic acids is 1. The van der Waals surface area contributed by atoms with Crippen molar-refractivity contribution in [1.82, 2.24) is 5.32 Å². The van der Waals surface area contributed by atoms with E-state index in [0.717, 1.165) is 22.9 Å². The fourth-order valence-corrected chi connectivity index (χ4v) is 4.04. The summed E-state index contributed by atoms with van der Waals surface area (Å²) in [5.74, 6) is -2.02. The van der Waals surface area contributed by atoms with Gasteiger partial charge in [0.1, 0.15) is 23.0 Å². The van der Waals surface area contributed by atoms with Gasteiger partial charge in [-0.15, -0.1) is 0 Å². The third-order valence-corrected chi connectivity index (χ3v) is 5.95. The molecule has 0 aliphatic rings. The van der Waals surface area contributed by atoms with Crippen LogP contribution in [0, 0.1) is 12.7 Å². The highest BCUT2D eigenvalue weighted by Gasteiger charge is 2.22. The van der Waals surface area contributed by atoms with Crippen LogP contribution in [0.15, 0.2) is 56.3 Å². The molecule has 176 valence electrons. The average molecular weight is 465 g/mol. The van der Waals surface area contributed by atoms with Crippen molar-refractivity contribution in [3.05, 3.63) is 70.0 Å². The zero-order valence-corrected chi connectivity index (χ0v) is 18.8. The molecule has 34 heavy (non-hydrogen) atoms. The lowest BCUT2D eigenvalue weighted by Gasteiger charge is -2.14. The van der Waals surface area contributed by atoms with Gasteiger partial charge < -0.3 is 19.3 Å². The molecule has 0 radical (unpaired) electrons. The number of hydrogen-bond acceptors (Lipinski definition) is 5. The van der Waals surface area contributed by atoms with Crippen LogP contribution in [0.25, 0.3) is 33.1 Å². The summed E-state index contributed by atoms with van der Waals surface area (Å²) < 4.78 is 24.5. The predicted molar refractivity (Wildman–Crippen MR) is 125 cm³/mol. The van der Waals surface area contributed by atoms with Crippen LogP contribution in [0.4, 0.5) is 4.39 Å². The molecule has 7 nitrogen and oxygen atoms in total. The Morgan fingerprint density at radius 3 is 2.53 bits per heavy atom. The number of carboxylic acid groups (broad SMARTS) is 1. The number of unbranched alkanes of at least 4 members (excludes halogenated alkanes) is 1. The summed E-state index contributed by atoms with van der Waals surface area (Å²) in [6.45, 7) is 3.65. The maximum absolute atomic E-state index is 13.3. The van der Waals surface area contributed by atoms with E-state index in [0.29, 0.717) is 35.0 Å². The molecule has 0 saturated carbocycles. The smallest absolute Gasteiger partial charge is 0.340 e. The normalized spacial score (nSPS) is 12.2. The van der Waals surface area contributed by atoms with E-state index in [4.69, 9.17) is 8.83 Å². The first-order valence-corrected chi connectivity index (χ1v) is 11.0. The van der Waals surface area contributed by atoms with Crippen LogP contribution >= 0.6 is 0 Å². The molecule has 0 aliphatic heterocycles. The molecule has 0 bridgehead atoms. The fraction of sp³-hybridized carbons (Fsp3) is 0.269. The van der Waals surface area contributed by atoms with Crippen molar-refractivity contribution in [2.24, 2.45) is 0 Å². The molecule has 0 fully saturated rings. The molecule has 2 N–H and O–H groups in total. The van der Waals surface area contributed by atoms with Crippen LogP contribution in [-0.2, 0) is 16.0 Å². The number of halogens is 1. The minimum Gasteiger partial charge on any atom is -0.480 e. The zero-order valence-electron chi connectivity index (χ0n) is 18.8. The Balaban J connectivity index is 1.71. The van der Waals surface area contributed by atoms with Gasteiger partial charge >= 0.3 is 11.6 Å². The van der Waals surface area contributed by atoms with Crippen molar-refractivity contribution in [3.8, 4) is 11.1 Å². The molecule has 4 rings (SSSR count). The number of carboxylic acids is 1. The number of benzene rings is 2. The topological polar surface area (TPSA) is 110 Å². The van der Waals surface area contributed by atoms with Crippen molar-refractivity contribution >= 4 is 33.8 Å². The molecule has 2 aromatic heterocycles. The molecular formula is C26H24FNO6. The van der Waals surface area contributed by atoms with Gasteiger partial charge in [0.15, 0.2) is 0 Å². The number of carbonyl (C=O) groups is 2. The fourth-order valence-electron chi connectivity index (χ4n) is 4.04. The Kier molecular flexibility index (Phi) is 6.49. The third-order valence-electron chi connectivity index (χ3n) is 5.95. The summed E-state index contributed by atoms with van der Waals surface area (Å²) in [5.41, 5.74) is 2.39. The van der Waals surface area contributed by atoms with Crippen LogP contribution < -0.4 is 10.9 Å². The van der Waals surface area contributed by atoms with Gasteiger partial charge in [-0.2, -0.15) is 0 Å². The molecule has 2 heterocycles. The molecule has 2 aromatic carbocycles. The molecule has 0 aliphatic carbocycles. The number of aryl methyl sites for hydroxylation is 1. The lowest BCUT2D eigenvalue weighted by Crippen LogP contribution is -2.42. The number of fused-ring (bicyclic) bond motifs is 2. The Morgan fingerprint density at radius 1 is 1.12 bits per heavy atom. The Hall–Kier alpha value is -3.94. The highest BCUT2D eigenvalue weighted by molar-refractivity contribution is 6.02. The van der Waals surface area contributed by atoms with E-state index in [1.165, 1.54) is 12.1 Å². The van der Waals surface area contributed by atoms with Gasteiger partial charge in [-0.25, -0.2) is 14.0 Å². The van der Waals surface area contributed by atoms with Crippen LogP contribution in [-0.4, -0.2) is 23.0 Å². The second-order valence-electron chi connectivity index (χ2n) is 8.27. The second-order valence-corrected chi connectivity index (χ2v) is 8.27. The van der Waals surface area contributed by atoms with Gasteiger partial charge in [-0.05, 0) is 42.7 Å². The standard InChI is InChI=1S/C26H24FNO6/c1-3-4-5-21(25(30)31)28-24(29)11-18-14(2)17-10-19-20(15-6-8-16(27)9-7-15)13-33-22(19)12-23(17)34-26(18)32/h6-10,12-13,21H,3-5,11H2,1-2H3,(H,28,29)(H,30,31)/t21-/m1/s1. The van der Waals surface area contributed by atoms with Gasteiger partial charge in [0.2, 0.25) is 5.91 Å². The number of nitrogens with one attached hydrogen (secondary N) is 1. The average Bonchev–Trinajstić information content (AvgIpc) is 3.21. The van der Waals surface area contributed by atoms with E-state index >= 15 is 0 Å². The van der Waals surface area contributed by atoms with E-state index in [-0.39, 0.29) is 17.8 Å². The number of carbonyl (C=O) groups excluding carboxylic acids is 1. The van der Waals surface area contributed by atoms with E-state index in [1.54, 1.807) is 31.4 Å². The molecule has 0 spiro atoms. The van der Waals surface area contributed by atoms with E-state index in [9.17, 15) is 23.9 Å². The van der Waals surface area contributed by atoms with Crippen LogP contribution in [0.3, 0.4) is 0 Å². The molecule has 0 unspecified atom stereocenters. The number of furan rings is 1. The maximum atomic E-state index is 13.3. The number of amides is 1. The Bertz CT molecular complexity index is 1430. The highest BCUT2D eigenvalue weighted by Crippen LogP contribution is 2.34. The number of hydrogen-bond donors (Lipinski definition) is 2. The van der Waals surface area contributed by atoms with E-state index < -0.39 is 23.5 Å². The van der Waals surface area contributed by atoms with Crippen LogP contribution in [0.5, 0.6) is 0 Å². The number of rotatable bonds is 8. The summed E-state index contributed by atoms with van der Waals surface area (Å²) in [4.78, 5) is 36.7. The summed E-state index contributed by atoms with van der Waals surface area (Å²) in [5, 5.41) is 13.2. The zero-order chi connectivity index (χ0) is 24.4. The summed E-state index contributed by atoms with van der Waals surface area (Å²) >= 11 is 0. The minimum atomic E-state index is -1.11. The van der Waals surface area contributed by atoms with E-state index in [2.05, 4.69) is 5.32 Å². The van der Waals surface area contributed by atoms with Crippen LogP contribution in [0.1, 0.15) is 37.3 Å². The minimum absolute atomic E-state index is 0.163. The first kappa shape index (κ1) is 23.2. The third kappa shape index (κ3) is 4.57. The molecular weight excluding hydrogens is 441 g/mol. The summed E-state index contributed by atoms with van der Waals surface area (Å²) in [6.07, 6.45) is 3.03. The van der Waals surface area contributed by atoms with Crippen molar-refractivity contribution < 1.29 is 27.9 Å². The van der Waals surface area contributed by atoms with Gasteiger partial charge in [-0.3, -0.25) is 4.79 Å². The molecule has 1 atom stereocenters. The van der Waals surface area contributed by atoms with E-state index in [1.807, 2.05) is 13.0 Å². The van der Waals surface area contributed by atoms with Crippen molar-refractivity contribution in [2.45, 2.75) is 45.6 Å². The van der Waals surface area contributed by atoms with Gasteiger partial charge in [-0.1, -0.05) is 31.9 Å². The molecule has 4 aromatic rings. The lowest BCUT2D eigenvalue weighted by atomic mass is 9.99. The summed E-state index contributed by atoms with van der Waals surface area (Å²) in [7, 11) is 0. The largest absolute Gasteiger partial charge is 0.480 e. The van der Waals surface area contributed by atoms with Gasteiger partial charge in [0.25, 0.3) is 0 Å². The first-order valence-electron chi connectivity index (χ1n) is 11.0. The quantitative estimate of drug-likeness (QED) is 0.356. The highest BCUT2D eigenvalue weighted by atomic mass is 19.1. The van der Waals surface area contributed by atoms with Crippen molar-refractivity contribution in [2.75, 3.05) is 0 Å². The Labute approximate surface area is 194 Å². The predicted octanol–water partition coefficient (Wildman–Crippen LogP) is 4.96. The summed E-state index contributed by atoms with van der Waals surface area (Å²) in [6, 6.07) is 8.44. The lowest BCUT2D eigenvalue weighted by molar-refractivity contribution is -0.142. The first-order chi connectivity index (χ1) is 16.3.